The van der Waals surface area contributed by atoms with E-state index in [9.17, 15) is 26.7 Å². The molecule has 2 atom stereocenters. The van der Waals surface area contributed by atoms with E-state index in [1.165, 1.54) is 6.07 Å². The van der Waals surface area contributed by atoms with E-state index in [-0.39, 0.29) is 18.1 Å². The normalized spacial score (nSPS) is 17.6. The molecule has 0 aliphatic heterocycles. The van der Waals surface area contributed by atoms with Gasteiger partial charge in [0.05, 0.1) is 12.1 Å². The number of aromatic nitrogens is 2. The lowest BCUT2D eigenvalue weighted by molar-refractivity contribution is -0.192. The maximum atomic E-state index is 13.7. The molecule has 2 heterocycles. The monoisotopic (exact) mass is 441 g/mol. The van der Waals surface area contributed by atoms with E-state index < -0.39 is 24.2 Å². The molecule has 1 aromatic carbocycles. The number of nitrogens with zero attached hydrogens (tertiary/aromatic N) is 2. The summed E-state index contributed by atoms with van der Waals surface area (Å²) in [5.74, 6) is -3.52. The van der Waals surface area contributed by atoms with Gasteiger partial charge >= 0.3 is 12.1 Å². The van der Waals surface area contributed by atoms with Crippen LogP contribution in [0.15, 0.2) is 42.7 Å². The van der Waals surface area contributed by atoms with E-state index in [0.29, 0.717) is 17.0 Å². The van der Waals surface area contributed by atoms with E-state index in [2.05, 4.69) is 10.3 Å². The van der Waals surface area contributed by atoms with Gasteiger partial charge in [-0.3, -0.25) is 4.79 Å². The molecule has 6 nitrogen and oxygen atoms in total. The number of benzene rings is 1. The molecule has 0 unspecified atom stereocenters. The predicted octanol–water partition coefficient (Wildman–Crippen LogP) is 4.38. The number of carbonyl (C=O) groups excluding carboxylic acids is 1. The molecule has 11 heteroatoms. The summed E-state index contributed by atoms with van der Waals surface area (Å²) in [6.07, 6.45) is -2.34. The molecule has 0 saturated heterocycles. The van der Waals surface area contributed by atoms with Gasteiger partial charge in [-0.25, -0.2) is 18.6 Å². The summed E-state index contributed by atoms with van der Waals surface area (Å²) in [6.45, 7) is 1.73. The molecule has 31 heavy (non-hydrogen) atoms. The van der Waals surface area contributed by atoms with Crippen molar-refractivity contribution in [2.45, 2.75) is 25.7 Å². The first kappa shape index (κ1) is 22.2. The number of carboxylic acid groups (broad SMARTS) is 1. The Kier molecular flexibility index (Phi) is 5.96. The highest BCUT2D eigenvalue weighted by Crippen LogP contribution is 2.34. The second kappa shape index (κ2) is 8.32. The van der Waals surface area contributed by atoms with Crippen molar-refractivity contribution < 1.29 is 36.6 Å². The van der Waals surface area contributed by atoms with Gasteiger partial charge in [0.15, 0.2) is 5.82 Å². The number of imidazole rings is 1. The molecule has 2 aromatic heterocycles. The number of pyridine rings is 1. The molecule has 0 radical (unpaired) electrons. The van der Waals surface area contributed by atoms with Crippen molar-refractivity contribution in [3.63, 3.8) is 0 Å². The van der Waals surface area contributed by atoms with Gasteiger partial charge in [-0.15, -0.1) is 0 Å². The van der Waals surface area contributed by atoms with Crippen molar-refractivity contribution in [3.8, 4) is 11.1 Å². The van der Waals surface area contributed by atoms with Crippen LogP contribution in [0.3, 0.4) is 0 Å². The van der Waals surface area contributed by atoms with E-state index in [0.717, 1.165) is 11.1 Å². The number of aliphatic carboxylic acids is 1. The van der Waals surface area contributed by atoms with Crippen molar-refractivity contribution >= 4 is 23.3 Å². The van der Waals surface area contributed by atoms with Crippen LogP contribution in [0.1, 0.15) is 12.0 Å². The molecule has 0 spiro atoms. The molecule has 1 aliphatic carbocycles. The topological polar surface area (TPSA) is 83.7 Å². The number of carbonyl (C=O) groups is 2. The van der Waals surface area contributed by atoms with Crippen LogP contribution in [-0.4, -0.2) is 38.7 Å². The van der Waals surface area contributed by atoms with Gasteiger partial charge in [-0.1, -0.05) is 12.1 Å². The predicted molar refractivity (Wildman–Crippen MR) is 101 cm³/mol. The zero-order valence-electron chi connectivity index (χ0n) is 16.0. The van der Waals surface area contributed by atoms with Crippen LogP contribution in [-0.2, 0) is 9.59 Å². The Morgan fingerprint density at radius 1 is 1.19 bits per heavy atom. The first-order valence-corrected chi connectivity index (χ1v) is 8.96. The van der Waals surface area contributed by atoms with Crippen molar-refractivity contribution in [2.75, 3.05) is 5.32 Å². The molecule has 1 fully saturated rings. The van der Waals surface area contributed by atoms with E-state index in [1.54, 1.807) is 29.7 Å². The zero-order valence-corrected chi connectivity index (χ0v) is 16.0. The summed E-state index contributed by atoms with van der Waals surface area (Å²) in [5, 5.41) is 9.76. The lowest BCUT2D eigenvalue weighted by Crippen LogP contribution is -2.21. The highest BCUT2D eigenvalue weighted by Gasteiger charge is 2.43. The first-order valence-electron chi connectivity index (χ1n) is 8.96. The third-order valence-corrected chi connectivity index (χ3v) is 4.57. The molecular weight excluding hydrogens is 425 g/mol. The Hall–Kier alpha value is -3.50. The van der Waals surface area contributed by atoms with Crippen molar-refractivity contribution in [1.29, 1.82) is 0 Å². The zero-order chi connectivity index (χ0) is 22.9. The van der Waals surface area contributed by atoms with Crippen molar-refractivity contribution in [2.24, 2.45) is 5.92 Å². The smallest absolute Gasteiger partial charge is 0.475 e. The lowest BCUT2D eigenvalue weighted by Gasteiger charge is -2.07. The number of nitrogens with one attached hydrogen (secondary N) is 1. The average molecular weight is 441 g/mol. The van der Waals surface area contributed by atoms with Gasteiger partial charge < -0.3 is 14.8 Å². The number of anilines is 1. The Morgan fingerprint density at radius 3 is 2.42 bits per heavy atom. The van der Waals surface area contributed by atoms with Gasteiger partial charge in [-0.05, 0) is 48.2 Å². The third kappa shape index (κ3) is 5.16. The molecule has 1 amide bonds. The summed E-state index contributed by atoms with van der Waals surface area (Å²) in [7, 11) is 0. The minimum absolute atomic E-state index is 0.253. The number of halogens is 5. The molecule has 2 N–H and O–H groups in total. The summed E-state index contributed by atoms with van der Waals surface area (Å²) in [4.78, 5) is 25.0. The average Bonchev–Trinajstić information content (AvgIpc) is 3.28. The molecule has 0 bridgehead atoms. The highest BCUT2D eigenvalue weighted by atomic mass is 19.4. The minimum atomic E-state index is -5.08. The molecule has 164 valence electrons. The molecule has 1 saturated carbocycles. The fourth-order valence-corrected chi connectivity index (χ4v) is 2.79. The van der Waals surface area contributed by atoms with Gasteiger partial charge in [-0.2, -0.15) is 13.2 Å². The van der Waals surface area contributed by atoms with Gasteiger partial charge in [0.25, 0.3) is 0 Å². The fraction of sp³-hybridized carbons (Fsp3) is 0.250. The number of carboxylic acids is 1. The Morgan fingerprint density at radius 2 is 1.84 bits per heavy atom. The number of amides is 1. The van der Waals surface area contributed by atoms with E-state index >= 15 is 0 Å². The van der Waals surface area contributed by atoms with Gasteiger partial charge in [0.2, 0.25) is 5.91 Å². The number of hydrogen-bond donors (Lipinski definition) is 2. The molecule has 3 aromatic rings. The molecule has 4 rings (SSSR count). The summed E-state index contributed by atoms with van der Waals surface area (Å²) in [5.41, 5.74) is 2.87. The van der Waals surface area contributed by atoms with Crippen LogP contribution in [0.5, 0.6) is 0 Å². The van der Waals surface area contributed by atoms with Crippen LogP contribution in [0.2, 0.25) is 0 Å². The van der Waals surface area contributed by atoms with Gasteiger partial charge in [0.1, 0.15) is 17.6 Å². The number of hydrogen-bond acceptors (Lipinski definition) is 3. The second-order valence-electron chi connectivity index (χ2n) is 6.87. The maximum Gasteiger partial charge on any atom is 0.490 e. The van der Waals surface area contributed by atoms with Crippen LogP contribution in [0.25, 0.3) is 16.8 Å². The van der Waals surface area contributed by atoms with Crippen LogP contribution in [0, 0.1) is 18.7 Å². The van der Waals surface area contributed by atoms with E-state index in [1.807, 2.05) is 18.3 Å². The number of rotatable bonds is 3. The summed E-state index contributed by atoms with van der Waals surface area (Å²) >= 11 is 0. The third-order valence-electron chi connectivity index (χ3n) is 4.57. The number of fused-ring (bicyclic) bond motifs is 1. The SMILES string of the molecule is Cc1c(F)cccc1-c1ccc2nc(NC(=O)[C@H]3C[C@H]3F)cn2c1.O=C(O)C(F)(F)F. The Balaban J connectivity index is 0.000000339. The maximum absolute atomic E-state index is 13.7. The van der Waals surface area contributed by atoms with Crippen LogP contribution < -0.4 is 5.32 Å². The van der Waals surface area contributed by atoms with Crippen LogP contribution in [0.4, 0.5) is 27.8 Å². The lowest BCUT2D eigenvalue weighted by atomic mass is 10.0. The Labute approximate surface area is 172 Å². The first-order chi connectivity index (χ1) is 14.5. The van der Waals surface area contributed by atoms with Gasteiger partial charge in [0, 0.05) is 6.20 Å². The largest absolute Gasteiger partial charge is 0.490 e. The summed E-state index contributed by atoms with van der Waals surface area (Å²) in [6, 6.07) is 8.61. The minimum Gasteiger partial charge on any atom is -0.475 e. The molecular formula is C20H16F5N3O3. The molecule has 1 aliphatic rings. The van der Waals surface area contributed by atoms with Crippen molar-refractivity contribution in [3.05, 3.63) is 54.1 Å². The quantitative estimate of drug-likeness (QED) is 0.591. The van der Waals surface area contributed by atoms with Crippen molar-refractivity contribution in [1.82, 2.24) is 9.38 Å². The fourth-order valence-electron chi connectivity index (χ4n) is 2.79. The second-order valence-corrected chi connectivity index (χ2v) is 6.87. The number of alkyl halides is 4. The standard InChI is InChI=1S/C18H15F2N3O.C2HF3O2/c1-10-12(3-2-4-14(10)19)11-5-6-17-21-16(9-23(17)8-11)22-18(24)13-7-15(13)20;3-2(4,5)1(6)7/h2-6,8-9,13,15H,7H2,1H3,(H,22,24);(H,6,7)/t13-,15+;/m0./s1. The summed E-state index contributed by atoms with van der Waals surface area (Å²) < 4.78 is 60.2. The van der Waals surface area contributed by atoms with Crippen LogP contribution >= 0.6 is 0 Å². The Bertz CT molecular complexity index is 1140. The van der Waals surface area contributed by atoms with E-state index in [4.69, 9.17) is 9.90 Å². The highest BCUT2D eigenvalue weighted by molar-refractivity contribution is 5.94.